The summed E-state index contributed by atoms with van der Waals surface area (Å²) in [4.78, 5) is -1.49. The van der Waals surface area contributed by atoms with E-state index >= 15 is 0 Å². The highest BCUT2D eigenvalue weighted by molar-refractivity contribution is 6.51. The first-order valence-electron chi connectivity index (χ1n) is 6.12. The number of hydrogen-bond acceptors (Lipinski definition) is 2. The second-order valence-corrected chi connectivity index (χ2v) is 8.23. The normalized spacial score (nSPS) is 65.0. The van der Waals surface area contributed by atoms with Gasteiger partial charge in [0.2, 0.25) is 0 Å². The molecule has 0 heterocycles. The zero-order chi connectivity index (χ0) is 13.0. The van der Waals surface area contributed by atoms with Crippen molar-refractivity contribution in [3.63, 3.8) is 0 Å². The second-order valence-electron chi connectivity index (χ2n) is 6.13. The van der Waals surface area contributed by atoms with Gasteiger partial charge in [-0.05, 0) is 36.5 Å². The maximum absolute atomic E-state index is 10.1. The number of allylic oxidation sites excluding steroid dienone is 2. The molecule has 100 valence electrons. The van der Waals surface area contributed by atoms with E-state index in [9.17, 15) is 10.2 Å². The molecular weight excluding hydrogens is 318 g/mol. The number of halogens is 4. The summed E-state index contributed by atoms with van der Waals surface area (Å²) in [6.45, 7) is 0. The summed E-state index contributed by atoms with van der Waals surface area (Å²) in [5.41, 5.74) is 0. The van der Waals surface area contributed by atoms with Crippen LogP contribution >= 0.6 is 46.4 Å². The molecule has 18 heavy (non-hydrogen) atoms. The molecule has 4 aliphatic rings. The van der Waals surface area contributed by atoms with Crippen LogP contribution in [0.3, 0.4) is 0 Å². The molecule has 0 aromatic heterocycles. The Morgan fingerprint density at radius 1 is 0.889 bits per heavy atom. The summed E-state index contributed by atoms with van der Waals surface area (Å²) in [5, 5.41) is 21.0. The molecule has 0 saturated heterocycles. The molecule has 0 aromatic carbocycles. The molecule has 0 spiro atoms. The summed E-state index contributed by atoms with van der Waals surface area (Å²) in [5.74, 6) is 0.00316. The Morgan fingerprint density at radius 2 is 1.28 bits per heavy atom. The third-order valence-corrected chi connectivity index (χ3v) is 8.07. The third-order valence-electron chi connectivity index (χ3n) is 5.57. The lowest BCUT2D eigenvalue weighted by Crippen LogP contribution is -2.50. The molecule has 0 unspecified atom stereocenters. The van der Waals surface area contributed by atoms with Gasteiger partial charge >= 0.3 is 0 Å². The maximum Gasteiger partial charge on any atom is 0.0868 e. The van der Waals surface area contributed by atoms with Crippen molar-refractivity contribution in [3.8, 4) is 0 Å². The van der Waals surface area contributed by atoms with Gasteiger partial charge in [-0.25, -0.2) is 0 Å². The first kappa shape index (κ1) is 12.6. The van der Waals surface area contributed by atoms with Crippen molar-refractivity contribution < 1.29 is 10.2 Å². The van der Waals surface area contributed by atoms with Crippen molar-refractivity contribution in [2.45, 2.75) is 34.8 Å². The fourth-order valence-electron chi connectivity index (χ4n) is 5.02. The maximum atomic E-state index is 10.1. The Bertz CT molecular complexity index is 441. The molecule has 6 heteroatoms. The van der Waals surface area contributed by atoms with Crippen molar-refractivity contribution in [1.82, 2.24) is 0 Å². The van der Waals surface area contributed by atoms with E-state index in [0.717, 1.165) is 6.42 Å². The summed E-state index contributed by atoms with van der Waals surface area (Å²) >= 11 is 25.9. The van der Waals surface area contributed by atoms with E-state index in [0.29, 0.717) is 16.5 Å². The van der Waals surface area contributed by atoms with Gasteiger partial charge in [0.25, 0.3) is 0 Å². The molecule has 3 saturated carbocycles. The predicted molar refractivity (Wildman–Crippen MR) is 71.1 cm³/mol. The van der Waals surface area contributed by atoms with Crippen molar-refractivity contribution in [2.24, 2.45) is 23.7 Å². The van der Waals surface area contributed by atoms with Crippen molar-refractivity contribution >= 4 is 46.4 Å². The van der Waals surface area contributed by atoms with Gasteiger partial charge in [0, 0.05) is 0 Å². The van der Waals surface area contributed by atoms with E-state index in [1.54, 1.807) is 0 Å². The fraction of sp³-hybridized carbons (Fsp3) is 0.833. The van der Waals surface area contributed by atoms with Crippen LogP contribution in [-0.2, 0) is 0 Å². The van der Waals surface area contributed by atoms with E-state index in [4.69, 9.17) is 46.4 Å². The SMILES string of the molecule is O[C@@H]1[C@H](O)[C@H]2C[C@@H]1[C@@H]1[C@@H]2[C@]2(Cl)C[C@]1(Cl)C(Cl)=C2Cl. The highest BCUT2D eigenvalue weighted by Crippen LogP contribution is 2.76. The number of rotatable bonds is 0. The van der Waals surface area contributed by atoms with Crippen LogP contribution in [0.15, 0.2) is 10.1 Å². The fourth-order valence-corrected chi connectivity index (χ4v) is 7.11. The molecule has 4 aliphatic carbocycles. The van der Waals surface area contributed by atoms with Gasteiger partial charge in [0.1, 0.15) is 0 Å². The van der Waals surface area contributed by atoms with Crippen molar-refractivity contribution in [1.29, 1.82) is 0 Å². The van der Waals surface area contributed by atoms with Gasteiger partial charge in [-0.15, -0.1) is 23.2 Å². The average molecular weight is 330 g/mol. The molecule has 0 amide bonds. The summed E-state index contributed by atoms with van der Waals surface area (Å²) in [6, 6.07) is 0. The van der Waals surface area contributed by atoms with Crippen LogP contribution in [0, 0.1) is 23.7 Å². The first-order valence-corrected chi connectivity index (χ1v) is 7.64. The van der Waals surface area contributed by atoms with E-state index < -0.39 is 22.0 Å². The summed E-state index contributed by atoms with van der Waals surface area (Å²) < 4.78 is 0. The highest BCUT2D eigenvalue weighted by atomic mass is 35.5. The Balaban J connectivity index is 1.89. The van der Waals surface area contributed by atoms with E-state index in [-0.39, 0.29) is 23.7 Å². The Labute approximate surface area is 125 Å². The first-order chi connectivity index (χ1) is 8.32. The van der Waals surface area contributed by atoms with Crippen LogP contribution in [-0.4, -0.2) is 32.2 Å². The lowest BCUT2D eigenvalue weighted by molar-refractivity contribution is -0.0559. The summed E-state index contributed by atoms with van der Waals surface area (Å²) in [7, 11) is 0. The van der Waals surface area contributed by atoms with Crippen LogP contribution < -0.4 is 0 Å². The van der Waals surface area contributed by atoms with E-state index in [1.165, 1.54) is 0 Å². The van der Waals surface area contributed by atoms with Gasteiger partial charge in [-0.2, -0.15) is 0 Å². The quantitative estimate of drug-likeness (QED) is 0.530. The largest absolute Gasteiger partial charge is 0.390 e. The number of aliphatic hydroxyl groups excluding tert-OH is 2. The molecule has 3 fully saturated rings. The minimum absolute atomic E-state index is 0.0216. The zero-order valence-electron chi connectivity index (χ0n) is 9.28. The molecule has 0 radical (unpaired) electrons. The monoisotopic (exact) mass is 328 g/mol. The Kier molecular flexibility index (Phi) is 2.33. The van der Waals surface area contributed by atoms with Gasteiger partial charge in [0.15, 0.2) is 0 Å². The minimum Gasteiger partial charge on any atom is -0.390 e. The van der Waals surface area contributed by atoms with Gasteiger partial charge in [-0.3, -0.25) is 0 Å². The standard InChI is InChI=1S/C12H12Cl4O2/c13-9-10(14)12(16)2-11(9,15)5-3-1-4(6(5)12)8(18)7(3)17/h3-8,17-18H,1-2H2/t3-,4+,5-,6-,7+,8-,11-,12-/m1/s1. The lowest BCUT2D eigenvalue weighted by atomic mass is 9.70. The molecule has 2 N–H and O–H groups in total. The molecule has 4 rings (SSSR count). The molecule has 0 aromatic rings. The Morgan fingerprint density at radius 3 is 1.67 bits per heavy atom. The van der Waals surface area contributed by atoms with Crippen LogP contribution in [0.4, 0.5) is 0 Å². The van der Waals surface area contributed by atoms with Crippen LogP contribution in [0.2, 0.25) is 0 Å². The minimum atomic E-state index is -0.744. The summed E-state index contributed by atoms with van der Waals surface area (Å²) in [6.07, 6.45) is -0.165. The van der Waals surface area contributed by atoms with Gasteiger partial charge in [-0.1, -0.05) is 23.2 Å². The second kappa shape index (κ2) is 3.35. The number of aliphatic hydroxyl groups is 2. The number of fused-ring (bicyclic) bond motifs is 9. The van der Waals surface area contributed by atoms with Gasteiger partial charge < -0.3 is 10.2 Å². The van der Waals surface area contributed by atoms with Crippen LogP contribution in [0.1, 0.15) is 12.8 Å². The van der Waals surface area contributed by atoms with Gasteiger partial charge in [0.05, 0.1) is 32.0 Å². The van der Waals surface area contributed by atoms with Crippen molar-refractivity contribution in [2.75, 3.05) is 0 Å². The molecule has 2 nitrogen and oxygen atoms in total. The van der Waals surface area contributed by atoms with Crippen LogP contribution in [0.5, 0.6) is 0 Å². The number of alkyl halides is 2. The molecule has 8 atom stereocenters. The third kappa shape index (κ3) is 1.07. The predicted octanol–water partition coefficient (Wildman–Crippen LogP) is 2.65. The topological polar surface area (TPSA) is 40.5 Å². The van der Waals surface area contributed by atoms with E-state index in [1.807, 2.05) is 0 Å². The number of hydrogen-bond donors (Lipinski definition) is 2. The van der Waals surface area contributed by atoms with Crippen molar-refractivity contribution in [3.05, 3.63) is 10.1 Å². The molecule has 0 aliphatic heterocycles. The lowest BCUT2D eigenvalue weighted by Gasteiger charge is -2.43. The van der Waals surface area contributed by atoms with E-state index in [2.05, 4.69) is 0 Å². The molecular formula is C12H12Cl4O2. The zero-order valence-corrected chi connectivity index (χ0v) is 12.3. The Hall–Kier alpha value is 0.820. The molecule has 4 bridgehead atoms. The smallest absolute Gasteiger partial charge is 0.0868 e. The van der Waals surface area contributed by atoms with Crippen LogP contribution in [0.25, 0.3) is 0 Å². The average Bonchev–Trinajstić information content (AvgIpc) is 2.95. The highest BCUT2D eigenvalue weighted by Gasteiger charge is 2.77.